The quantitative estimate of drug-likeness (QED) is 0.360. The van der Waals surface area contributed by atoms with Gasteiger partial charge >= 0.3 is 5.97 Å². The number of carbonyl (C=O) groups is 1. The molecular weight excluding hydrogens is 387 g/mol. The minimum absolute atomic E-state index is 0.0764. The van der Waals surface area contributed by atoms with Crippen LogP contribution in [0.3, 0.4) is 0 Å². The van der Waals surface area contributed by atoms with Crippen LogP contribution in [-0.2, 0) is 29.0 Å². The molecule has 1 N–H and O–H groups in total. The standard InChI is InChI=1S/C24H31FO5/c1-3-18-15-20(17-25)21(26)16-23(18)30-14-8-7-13-29-22-10-6-5-9-19(22)11-12-24(27)28-4-2/h5-6,9-10,15-16,26H,3-4,7-8,11-14,17H2,1-2H3. The number of aromatic hydroxyl groups is 1. The first-order valence-corrected chi connectivity index (χ1v) is 10.5. The van der Waals surface area contributed by atoms with Crippen LogP contribution in [0.2, 0.25) is 0 Å². The van der Waals surface area contributed by atoms with Gasteiger partial charge in [0, 0.05) is 18.1 Å². The normalized spacial score (nSPS) is 10.6. The van der Waals surface area contributed by atoms with Crippen LogP contribution in [0.15, 0.2) is 36.4 Å². The number of alkyl halides is 1. The molecule has 0 spiro atoms. The van der Waals surface area contributed by atoms with Crippen molar-refractivity contribution in [2.45, 2.75) is 52.6 Å². The number of para-hydroxylation sites is 1. The Morgan fingerprint density at radius 3 is 2.33 bits per heavy atom. The Bertz CT molecular complexity index is 806. The fourth-order valence-corrected chi connectivity index (χ4v) is 3.07. The molecule has 2 rings (SSSR count). The molecule has 0 heterocycles. The van der Waals surface area contributed by atoms with Gasteiger partial charge in [0.2, 0.25) is 0 Å². The lowest BCUT2D eigenvalue weighted by molar-refractivity contribution is -0.143. The summed E-state index contributed by atoms with van der Waals surface area (Å²) in [5.41, 5.74) is 2.15. The van der Waals surface area contributed by atoms with Gasteiger partial charge in [-0.2, -0.15) is 0 Å². The molecule has 0 aliphatic heterocycles. The summed E-state index contributed by atoms with van der Waals surface area (Å²) >= 11 is 0. The number of hydrogen-bond donors (Lipinski definition) is 1. The van der Waals surface area contributed by atoms with Crippen LogP contribution in [0.25, 0.3) is 0 Å². The van der Waals surface area contributed by atoms with Gasteiger partial charge < -0.3 is 19.3 Å². The van der Waals surface area contributed by atoms with Crippen molar-refractivity contribution >= 4 is 5.97 Å². The molecule has 164 valence electrons. The van der Waals surface area contributed by atoms with E-state index in [1.165, 1.54) is 6.07 Å². The highest BCUT2D eigenvalue weighted by atomic mass is 19.1. The summed E-state index contributed by atoms with van der Waals surface area (Å²) in [4.78, 5) is 11.6. The van der Waals surface area contributed by atoms with Crippen LogP contribution < -0.4 is 9.47 Å². The first-order chi connectivity index (χ1) is 14.6. The first kappa shape index (κ1) is 23.5. The summed E-state index contributed by atoms with van der Waals surface area (Å²) in [7, 11) is 0. The van der Waals surface area contributed by atoms with Gasteiger partial charge in [0.25, 0.3) is 0 Å². The molecule has 6 heteroatoms. The van der Waals surface area contributed by atoms with Crippen molar-refractivity contribution in [2.24, 2.45) is 0 Å². The fraction of sp³-hybridized carbons (Fsp3) is 0.458. The molecule has 0 aromatic heterocycles. The Kier molecular flexibility index (Phi) is 9.98. The number of hydrogen-bond acceptors (Lipinski definition) is 5. The number of benzene rings is 2. The summed E-state index contributed by atoms with van der Waals surface area (Å²) in [5.74, 6) is 1.09. The number of phenols is 1. The van der Waals surface area contributed by atoms with Gasteiger partial charge in [-0.3, -0.25) is 4.79 Å². The fourth-order valence-electron chi connectivity index (χ4n) is 3.07. The van der Waals surface area contributed by atoms with E-state index >= 15 is 0 Å². The van der Waals surface area contributed by atoms with Gasteiger partial charge in [-0.05, 0) is 55.9 Å². The highest BCUT2D eigenvalue weighted by molar-refractivity contribution is 5.69. The Hall–Kier alpha value is -2.76. The van der Waals surface area contributed by atoms with Crippen LogP contribution in [-0.4, -0.2) is 30.9 Å². The molecule has 0 unspecified atom stereocenters. The van der Waals surface area contributed by atoms with Gasteiger partial charge in [0.05, 0.1) is 19.8 Å². The highest BCUT2D eigenvalue weighted by Gasteiger charge is 2.10. The number of phenolic OH excluding ortho intramolecular Hbond substituents is 1. The summed E-state index contributed by atoms with van der Waals surface area (Å²) < 4.78 is 29.5. The molecule has 0 saturated carbocycles. The van der Waals surface area contributed by atoms with Crippen molar-refractivity contribution in [3.8, 4) is 17.2 Å². The van der Waals surface area contributed by atoms with Crippen molar-refractivity contribution < 1.29 is 28.5 Å². The van der Waals surface area contributed by atoms with E-state index in [1.54, 1.807) is 13.0 Å². The van der Waals surface area contributed by atoms with E-state index < -0.39 is 6.67 Å². The number of ether oxygens (including phenoxy) is 3. The zero-order valence-corrected chi connectivity index (χ0v) is 17.8. The SMILES string of the molecule is CCOC(=O)CCc1ccccc1OCCCCOc1cc(O)c(CF)cc1CC. The van der Waals surface area contributed by atoms with Crippen molar-refractivity contribution in [1.29, 1.82) is 0 Å². The average molecular weight is 419 g/mol. The second-order valence-electron chi connectivity index (χ2n) is 6.89. The highest BCUT2D eigenvalue weighted by Crippen LogP contribution is 2.29. The van der Waals surface area contributed by atoms with Crippen molar-refractivity contribution in [1.82, 2.24) is 0 Å². The van der Waals surface area contributed by atoms with Gasteiger partial charge in [-0.1, -0.05) is 25.1 Å². The Morgan fingerprint density at radius 2 is 1.67 bits per heavy atom. The lowest BCUT2D eigenvalue weighted by Gasteiger charge is -2.14. The van der Waals surface area contributed by atoms with Gasteiger partial charge in [0.15, 0.2) is 0 Å². The first-order valence-electron chi connectivity index (χ1n) is 10.5. The lowest BCUT2D eigenvalue weighted by atomic mass is 10.1. The van der Waals surface area contributed by atoms with E-state index in [2.05, 4.69) is 0 Å². The van der Waals surface area contributed by atoms with E-state index in [-0.39, 0.29) is 17.3 Å². The second kappa shape index (κ2) is 12.7. The lowest BCUT2D eigenvalue weighted by Crippen LogP contribution is -2.07. The summed E-state index contributed by atoms with van der Waals surface area (Å²) in [5, 5.41) is 9.84. The predicted octanol–water partition coefficient (Wildman–Crippen LogP) is 5.16. The van der Waals surface area contributed by atoms with E-state index in [4.69, 9.17) is 14.2 Å². The average Bonchev–Trinajstić information content (AvgIpc) is 2.75. The molecule has 0 amide bonds. The smallest absolute Gasteiger partial charge is 0.306 e. The Labute approximate surface area is 177 Å². The molecule has 0 fully saturated rings. The van der Waals surface area contributed by atoms with E-state index in [0.717, 1.165) is 29.7 Å². The molecule has 30 heavy (non-hydrogen) atoms. The minimum Gasteiger partial charge on any atom is -0.507 e. The maximum Gasteiger partial charge on any atom is 0.306 e. The molecule has 0 aliphatic carbocycles. The third-order valence-electron chi connectivity index (χ3n) is 4.72. The van der Waals surface area contributed by atoms with Gasteiger partial charge in [-0.25, -0.2) is 4.39 Å². The predicted molar refractivity (Wildman–Crippen MR) is 114 cm³/mol. The molecule has 5 nitrogen and oxygen atoms in total. The maximum absolute atomic E-state index is 12.9. The number of aryl methyl sites for hydroxylation is 2. The van der Waals surface area contributed by atoms with Gasteiger partial charge in [-0.15, -0.1) is 0 Å². The summed E-state index contributed by atoms with van der Waals surface area (Å²) in [6, 6.07) is 10.8. The third-order valence-corrected chi connectivity index (χ3v) is 4.72. The van der Waals surface area contributed by atoms with Crippen LogP contribution in [0, 0.1) is 0 Å². The molecule has 0 saturated heterocycles. The van der Waals surface area contributed by atoms with Crippen molar-refractivity contribution in [2.75, 3.05) is 19.8 Å². The Morgan fingerprint density at radius 1 is 0.967 bits per heavy atom. The largest absolute Gasteiger partial charge is 0.507 e. The van der Waals surface area contributed by atoms with Crippen LogP contribution >= 0.6 is 0 Å². The molecular formula is C24H31FO5. The zero-order valence-electron chi connectivity index (χ0n) is 17.8. The topological polar surface area (TPSA) is 65.0 Å². The van der Waals surface area contributed by atoms with Crippen LogP contribution in [0.5, 0.6) is 17.2 Å². The van der Waals surface area contributed by atoms with Crippen molar-refractivity contribution in [3.05, 3.63) is 53.1 Å². The second-order valence-corrected chi connectivity index (χ2v) is 6.89. The molecule has 2 aromatic rings. The summed E-state index contributed by atoms with van der Waals surface area (Å²) in [6.45, 7) is 4.47. The number of unbranched alkanes of at least 4 members (excludes halogenated alkanes) is 1. The van der Waals surface area contributed by atoms with Crippen LogP contribution in [0.4, 0.5) is 4.39 Å². The minimum atomic E-state index is -0.697. The van der Waals surface area contributed by atoms with Gasteiger partial charge in [0.1, 0.15) is 23.9 Å². The molecule has 0 atom stereocenters. The third kappa shape index (κ3) is 7.25. The number of esters is 1. The summed E-state index contributed by atoms with van der Waals surface area (Å²) in [6.07, 6.45) is 3.18. The molecule has 2 aromatic carbocycles. The van der Waals surface area contributed by atoms with Crippen molar-refractivity contribution in [3.63, 3.8) is 0 Å². The molecule has 0 aliphatic rings. The van der Waals surface area contributed by atoms with E-state index in [1.807, 2.05) is 31.2 Å². The molecule has 0 bridgehead atoms. The number of rotatable bonds is 13. The van der Waals surface area contributed by atoms with E-state index in [9.17, 15) is 14.3 Å². The Balaban J connectivity index is 1.76. The maximum atomic E-state index is 12.9. The number of halogens is 1. The zero-order chi connectivity index (χ0) is 21.8. The molecule has 0 radical (unpaired) electrons. The van der Waals surface area contributed by atoms with E-state index in [0.29, 0.717) is 44.8 Å². The monoisotopic (exact) mass is 418 g/mol. The number of carbonyl (C=O) groups excluding carboxylic acids is 1. The van der Waals surface area contributed by atoms with Crippen LogP contribution in [0.1, 0.15) is 49.8 Å².